The number of benzene rings is 1. The van der Waals surface area contributed by atoms with Gasteiger partial charge in [-0.1, -0.05) is 0 Å². The van der Waals surface area contributed by atoms with E-state index >= 15 is 0 Å². The van der Waals surface area contributed by atoms with Crippen molar-refractivity contribution in [3.63, 3.8) is 0 Å². The number of nitrogens with one attached hydrogen (secondary N) is 1. The van der Waals surface area contributed by atoms with Crippen LogP contribution < -0.4 is 10.1 Å². The zero-order valence-corrected chi connectivity index (χ0v) is 11.2. The van der Waals surface area contributed by atoms with Crippen molar-refractivity contribution in [2.24, 2.45) is 5.92 Å². The third kappa shape index (κ3) is 2.40. The fraction of sp³-hybridized carbons (Fsp3) is 0.385. The van der Waals surface area contributed by atoms with Crippen LogP contribution in [-0.2, 0) is 4.79 Å². The van der Waals surface area contributed by atoms with Crippen LogP contribution in [0.3, 0.4) is 0 Å². The summed E-state index contributed by atoms with van der Waals surface area (Å²) in [5, 5.41) is 2.78. The third-order valence-electron chi connectivity index (χ3n) is 3.35. The average molecular weight is 280 g/mol. The van der Waals surface area contributed by atoms with Crippen LogP contribution in [0.25, 0.3) is 10.2 Å². The third-order valence-corrected chi connectivity index (χ3v) is 4.20. The minimum Gasteiger partial charge on any atom is -0.489 e. The van der Waals surface area contributed by atoms with Crippen molar-refractivity contribution in [2.75, 3.05) is 6.54 Å². The van der Waals surface area contributed by atoms with Crippen LogP contribution in [0.1, 0.15) is 13.3 Å². The van der Waals surface area contributed by atoms with Gasteiger partial charge >= 0.3 is 0 Å². The van der Waals surface area contributed by atoms with Crippen molar-refractivity contribution in [2.45, 2.75) is 19.4 Å². The van der Waals surface area contributed by atoms with Gasteiger partial charge in [0.1, 0.15) is 17.7 Å². The molecule has 0 spiro atoms. The van der Waals surface area contributed by atoms with Crippen LogP contribution in [-0.4, -0.2) is 23.5 Å². The van der Waals surface area contributed by atoms with E-state index in [4.69, 9.17) is 4.74 Å². The molecule has 3 rings (SSSR count). The van der Waals surface area contributed by atoms with Gasteiger partial charge in [0.25, 0.3) is 0 Å². The molecule has 2 atom stereocenters. The second kappa shape index (κ2) is 4.77. The number of halogens is 1. The maximum absolute atomic E-state index is 13.5. The molecule has 0 saturated carbocycles. The summed E-state index contributed by atoms with van der Waals surface area (Å²) >= 11 is 1.42. The molecule has 0 aliphatic carbocycles. The Morgan fingerprint density at radius 1 is 1.58 bits per heavy atom. The van der Waals surface area contributed by atoms with E-state index in [1.54, 1.807) is 5.51 Å². The standard InChI is InChI=1S/C13H13FN2O2S/c1-7(8-2-12(17)15-5-8)18-11-4-9(14)3-10-13(11)19-6-16-10/h3-4,6-8H,2,5H2,1H3,(H,15,17). The fourth-order valence-corrected chi connectivity index (χ4v) is 2.98. The van der Waals surface area contributed by atoms with E-state index in [9.17, 15) is 9.18 Å². The van der Waals surface area contributed by atoms with Crippen LogP contribution in [0, 0.1) is 11.7 Å². The summed E-state index contributed by atoms with van der Waals surface area (Å²) in [6.07, 6.45) is 0.313. The molecule has 2 unspecified atom stereocenters. The van der Waals surface area contributed by atoms with Crippen LogP contribution in [0.2, 0.25) is 0 Å². The van der Waals surface area contributed by atoms with Crippen LogP contribution in [0.4, 0.5) is 4.39 Å². The van der Waals surface area contributed by atoms with Gasteiger partial charge in [-0.2, -0.15) is 0 Å². The highest BCUT2D eigenvalue weighted by atomic mass is 32.1. The van der Waals surface area contributed by atoms with E-state index in [0.29, 0.717) is 24.2 Å². The van der Waals surface area contributed by atoms with Gasteiger partial charge in [-0.3, -0.25) is 4.79 Å². The number of amides is 1. The summed E-state index contributed by atoms with van der Waals surface area (Å²) in [6.45, 7) is 2.52. The van der Waals surface area contributed by atoms with Crippen molar-refractivity contribution in [3.8, 4) is 5.75 Å². The van der Waals surface area contributed by atoms with Gasteiger partial charge in [0.05, 0.1) is 15.7 Å². The van der Waals surface area contributed by atoms with Gasteiger partial charge in [0.2, 0.25) is 5.91 Å². The molecule has 0 bridgehead atoms. The largest absolute Gasteiger partial charge is 0.489 e. The Bertz CT molecular complexity index is 628. The fourth-order valence-electron chi connectivity index (χ4n) is 2.25. The zero-order valence-electron chi connectivity index (χ0n) is 10.4. The molecule has 4 nitrogen and oxygen atoms in total. The van der Waals surface area contributed by atoms with Gasteiger partial charge in [0.15, 0.2) is 0 Å². The lowest BCUT2D eigenvalue weighted by molar-refractivity contribution is -0.119. The topological polar surface area (TPSA) is 51.2 Å². The molecule has 1 aliphatic rings. The maximum Gasteiger partial charge on any atom is 0.220 e. The molecule has 1 N–H and O–H groups in total. The molecular formula is C13H13FN2O2S. The zero-order chi connectivity index (χ0) is 13.4. The number of nitrogens with zero attached hydrogens (tertiary/aromatic N) is 1. The number of ether oxygens (including phenoxy) is 1. The molecule has 1 saturated heterocycles. The molecule has 1 amide bonds. The van der Waals surface area contributed by atoms with E-state index in [1.165, 1.54) is 23.5 Å². The molecule has 2 aromatic rings. The number of hydrogen-bond donors (Lipinski definition) is 1. The van der Waals surface area contributed by atoms with Crippen molar-refractivity contribution in [1.82, 2.24) is 10.3 Å². The first-order valence-electron chi connectivity index (χ1n) is 6.09. The lowest BCUT2D eigenvalue weighted by Gasteiger charge is -2.19. The highest BCUT2D eigenvalue weighted by Crippen LogP contribution is 2.32. The predicted octanol–water partition coefficient (Wildman–Crippen LogP) is 2.34. The summed E-state index contributed by atoms with van der Waals surface area (Å²) in [4.78, 5) is 15.3. The molecule has 100 valence electrons. The van der Waals surface area contributed by atoms with E-state index in [2.05, 4.69) is 10.3 Å². The lowest BCUT2D eigenvalue weighted by atomic mass is 10.0. The van der Waals surface area contributed by atoms with Crippen molar-refractivity contribution in [1.29, 1.82) is 0 Å². The highest BCUT2D eigenvalue weighted by Gasteiger charge is 2.28. The summed E-state index contributed by atoms with van der Waals surface area (Å²) in [5.74, 6) is 0.312. The van der Waals surface area contributed by atoms with Crippen molar-refractivity contribution < 1.29 is 13.9 Å². The number of thiazole rings is 1. The molecule has 1 aliphatic heterocycles. The van der Waals surface area contributed by atoms with Crippen molar-refractivity contribution in [3.05, 3.63) is 23.5 Å². The van der Waals surface area contributed by atoms with Gasteiger partial charge in [-0.15, -0.1) is 11.3 Å². The molecule has 1 aromatic carbocycles. The normalized spacial score (nSPS) is 20.5. The first-order chi connectivity index (χ1) is 9.13. The Hall–Kier alpha value is -1.69. The number of carbonyl (C=O) groups is 1. The minimum atomic E-state index is -0.360. The molecular weight excluding hydrogens is 267 g/mol. The van der Waals surface area contributed by atoms with Gasteiger partial charge in [0, 0.05) is 31.0 Å². The summed E-state index contributed by atoms with van der Waals surface area (Å²) in [6, 6.07) is 2.77. The number of hydrogen-bond acceptors (Lipinski definition) is 4. The smallest absolute Gasteiger partial charge is 0.220 e. The van der Waals surface area contributed by atoms with E-state index in [-0.39, 0.29) is 23.7 Å². The van der Waals surface area contributed by atoms with Gasteiger partial charge in [-0.05, 0) is 6.92 Å². The quantitative estimate of drug-likeness (QED) is 0.939. The summed E-state index contributed by atoms with van der Waals surface area (Å²) < 4.78 is 20.2. The molecule has 1 fully saturated rings. The van der Waals surface area contributed by atoms with Crippen molar-refractivity contribution >= 4 is 27.5 Å². The number of aromatic nitrogens is 1. The van der Waals surface area contributed by atoms with E-state index in [1.807, 2.05) is 6.92 Å². The number of fused-ring (bicyclic) bond motifs is 1. The lowest BCUT2D eigenvalue weighted by Crippen LogP contribution is -2.25. The first kappa shape index (κ1) is 12.3. The Morgan fingerprint density at radius 3 is 3.16 bits per heavy atom. The van der Waals surface area contributed by atoms with Crippen LogP contribution in [0.5, 0.6) is 5.75 Å². The molecule has 19 heavy (non-hydrogen) atoms. The monoisotopic (exact) mass is 280 g/mol. The Labute approximate surface area is 113 Å². The summed E-state index contributed by atoms with van der Waals surface area (Å²) in [5.41, 5.74) is 2.27. The van der Waals surface area contributed by atoms with Gasteiger partial charge in [-0.25, -0.2) is 9.37 Å². The molecule has 0 radical (unpaired) electrons. The maximum atomic E-state index is 13.5. The summed E-state index contributed by atoms with van der Waals surface area (Å²) in [7, 11) is 0. The highest BCUT2D eigenvalue weighted by molar-refractivity contribution is 7.17. The Morgan fingerprint density at radius 2 is 2.42 bits per heavy atom. The minimum absolute atomic E-state index is 0.0441. The predicted molar refractivity (Wildman–Crippen MR) is 70.8 cm³/mol. The first-order valence-corrected chi connectivity index (χ1v) is 6.97. The Kier molecular flexibility index (Phi) is 3.10. The van der Waals surface area contributed by atoms with Gasteiger partial charge < -0.3 is 10.1 Å². The molecule has 2 heterocycles. The molecule has 6 heteroatoms. The van der Waals surface area contributed by atoms with Crippen LogP contribution in [0.15, 0.2) is 17.6 Å². The number of rotatable bonds is 3. The van der Waals surface area contributed by atoms with Crippen LogP contribution >= 0.6 is 11.3 Å². The second-order valence-corrected chi connectivity index (χ2v) is 5.55. The Balaban J connectivity index is 1.84. The second-order valence-electron chi connectivity index (χ2n) is 4.70. The average Bonchev–Trinajstić information content (AvgIpc) is 2.97. The van der Waals surface area contributed by atoms with E-state index < -0.39 is 0 Å². The molecule has 1 aromatic heterocycles. The SMILES string of the molecule is CC(Oc1cc(F)cc2ncsc12)C1CNC(=O)C1. The van der Waals surface area contributed by atoms with E-state index in [0.717, 1.165) is 4.70 Å². The number of carbonyl (C=O) groups excluding carboxylic acids is 1.